The molecule has 3 nitrogen and oxygen atoms in total. The number of rotatable bonds is 1. The van der Waals surface area contributed by atoms with Gasteiger partial charge in [0.1, 0.15) is 5.82 Å². The molecule has 82 valence electrons. The lowest BCUT2D eigenvalue weighted by Gasteiger charge is -2.20. The second-order valence-corrected chi connectivity index (χ2v) is 5.31. The molecule has 0 radical (unpaired) electrons. The van der Waals surface area contributed by atoms with E-state index in [1.54, 1.807) is 0 Å². The first kappa shape index (κ1) is 10.9. The molecule has 15 heavy (non-hydrogen) atoms. The average molecular weight is 271 g/mol. The van der Waals surface area contributed by atoms with Crippen LogP contribution in [-0.2, 0) is 0 Å². The first-order valence-electron chi connectivity index (χ1n) is 5.07. The Morgan fingerprint density at radius 2 is 2.33 bits per heavy atom. The smallest absolute Gasteiger partial charge is 0.128 e. The quantitative estimate of drug-likeness (QED) is 0.850. The van der Waals surface area contributed by atoms with E-state index in [9.17, 15) is 5.11 Å². The van der Waals surface area contributed by atoms with E-state index >= 15 is 0 Å². The fraction of sp³-hybridized carbons (Fsp3) is 0.545. The zero-order chi connectivity index (χ0) is 11.1. The second-order valence-electron chi connectivity index (χ2n) is 4.46. The Hall–Kier alpha value is -0.610. The Bertz CT molecular complexity index is 379. The number of pyridine rings is 1. The van der Waals surface area contributed by atoms with Gasteiger partial charge in [0.2, 0.25) is 0 Å². The van der Waals surface area contributed by atoms with Crippen molar-refractivity contribution in [2.75, 3.05) is 18.0 Å². The summed E-state index contributed by atoms with van der Waals surface area (Å²) in [6, 6.07) is 2.05. The summed E-state index contributed by atoms with van der Waals surface area (Å²) in [5.41, 5.74) is 0.606. The van der Waals surface area contributed by atoms with E-state index in [2.05, 4.69) is 25.8 Å². The second kappa shape index (κ2) is 3.76. The number of anilines is 1. The van der Waals surface area contributed by atoms with Crippen molar-refractivity contribution in [3.63, 3.8) is 0 Å². The lowest BCUT2D eigenvalue weighted by Crippen LogP contribution is -2.30. The minimum absolute atomic E-state index is 0.567. The lowest BCUT2D eigenvalue weighted by atomic mass is 10.1. The maximum Gasteiger partial charge on any atom is 0.128 e. The summed E-state index contributed by atoms with van der Waals surface area (Å²) in [6.07, 6.45) is 2.63. The van der Waals surface area contributed by atoms with Crippen molar-refractivity contribution < 1.29 is 5.11 Å². The normalized spacial score (nSPS) is 26.0. The van der Waals surface area contributed by atoms with Crippen molar-refractivity contribution in [1.29, 1.82) is 0 Å². The number of hydrogen-bond acceptors (Lipinski definition) is 3. The average Bonchev–Trinajstić information content (AvgIpc) is 2.51. The van der Waals surface area contributed by atoms with Crippen LogP contribution < -0.4 is 4.90 Å². The standard InChI is InChI=1S/C11H15BrN2O/c1-8-5-10(13-6-9(8)12)14-4-3-11(2,15)7-14/h5-6,15H,3-4,7H2,1-2H3. The summed E-state index contributed by atoms with van der Waals surface area (Å²) in [5, 5.41) is 9.87. The molecule has 1 fully saturated rings. The van der Waals surface area contributed by atoms with E-state index in [0.29, 0.717) is 6.54 Å². The lowest BCUT2D eigenvalue weighted by molar-refractivity contribution is 0.0839. The molecule has 0 spiro atoms. The third-order valence-electron chi connectivity index (χ3n) is 2.81. The molecule has 2 heterocycles. The molecule has 0 amide bonds. The van der Waals surface area contributed by atoms with Gasteiger partial charge in [0.05, 0.1) is 5.60 Å². The van der Waals surface area contributed by atoms with Crippen molar-refractivity contribution in [1.82, 2.24) is 4.98 Å². The zero-order valence-corrected chi connectivity index (χ0v) is 10.6. The van der Waals surface area contributed by atoms with Crippen LogP contribution in [0.3, 0.4) is 0 Å². The molecule has 1 aliphatic rings. The van der Waals surface area contributed by atoms with Crippen LogP contribution in [0.25, 0.3) is 0 Å². The van der Waals surface area contributed by atoms with Crippen LogP contribution in [0.1, 0.15) is 18.9 Å². The van der Waals surface area contributed by atoms with Gasteiger partial charge in [0, 0.05) is 23.8 Å². The molecule has 0 bridgehead atoms. The van der Waals surface area contributed by atoms with Gasteiger partial charge in [-0.05, 0) is 47.8 Å². The molecule has 1 aliphatic heterocycles. The van der Waals surface area contributed by atoms with Crippen molar-refractivity contribution in [2.24, 2.45) is 0 Å². The Balaban J connectivity index is 2.21. The van der Waals surface area contributed by atoms with Crippen LogP contribution >= 0.6 is 15.9 Å². The van der Waals surface area contributed by atoms with Crippen LogP contribution in [0.5, 0.6) is 0 Å². The van der Waals surface area contributed by atoms with Gasteiger partial charge in [0.15, 0.2) is 0 Å². The summed E-state index contributed by atoms with van der Waals surface area (Å²) in [4.78, 5) is 6.48. The number of aromatic nitrogens is 1. The maximum atomic E-state index is 9.87. The molecule has 1 atom stereocenters. The number of halogens is 1. The first-order chi connectivity index (χ1) is 6.98. The van der Waals surface area contributed by atoms with Crippen LogP contribution in [0.2, 0.25) is 0 Å². The molecular weight excluding hydrogens is 256 g/mol. The van der Waals surface area contributed by atoms with Gasteiger partial charge in [-0.1, -0.05) is 0 Å². The molecular formula is C11H15BrN2O. The Morgan fingerprint density at radius 1 is 1.60 bits per heavy atom. The summed E-state index contributed by atoms with van der Waals surface area (Å²) in [6.45, 7) is 5.46. The van der Waals surface area contributed by atoms with E-state index in [4.69, 9.17) is 0 Å². The van der Waals surface area contributed by atoms with E-state index in [1.165, 1.54) is 5.56 Å². The Morgan fingerprint density at radius 3 is 2.87 bits per heavy atom. The third-order valence-corrected chi connectivity index (χ3v) is 3.64. The fourth-order valence-electron chi connectivity index (χ4n) is 1.84. The van der Waals surface area contributed by atoms with E-state index < -0.39 is 5.60 Å². The third kappa shape index (κ3) is 2.32. The van der Waals surface area contributed by atoms with Gasteiger partial charge in [0.25, 0.3) is 0 Å². The highest BCUT2D eigenvalue weighted by molar-refractivity contribution is 9.10. The minimum atomic E-state index is -0.567. The highest BCUT2D eigenvalue weighted by Gasteiger charge is 2.31. The SMILES string of the molecule is Cc1cc(N2CCC(C)(O)C2)ncc1Br. The van der Waals surface area contributed by atoms with Crippen molar-refractivity contribution >= 4 is 21.7 Å². The fourth-order valence-corrected chi connectivity index (χ4v) is 2.05. The van der Waals surface area contributed by atoms with Gasteiger partial charge in [-0.3, -0.25) is 0 Å². The molecule has 1 N–H and O–H groups in total. The Labute approximate surface area is 98.3 Å². The van der Waals surface area contributed by atoms with Crippen molar-refractivity contribution in [2.45, 2.75) is 25.9 Å². The molecule has 1 saturated heterocycles. The maximum absolute atomic E-state index is 9.87. The molecule has 0 aliphatic carbocycles. The number of aryl methyl sites for hydroxylation is 1. The van der Waals surface area contributed by atoms with Crippen LogP contribution in [0.15, 0.2) is 16.7 Å². The zero-order valence-electron chi connectivity index (χ0n) is 9.00. The van der Waals surface area contributed by atoms with E-state index in [0.717, 1.165) is 23.3 Å². The molecule has 1 aromatic heterocycles. The highest BCUT2D eigenvalue weighted by atomic mass is 79.9. The summed E-state index contributed by atoms with van der Waals surface area (Å²) >= 11 is 3.43. The molecule has 0 saturated carbocycles. The van der Waals surface area contributed by atoms with E-state index in [-0.39, 0.29) is 0 Å². The molecule has 2 rings (SSSR count). The van der Waals surface area contributed by atoms with Gasteiger partial charge in [-0.2, -0.15) is 0 Å². The summed E-state index contributed by atoms with van der Waals surface area (Å²) in [5.74, 6) is 0.952. The number of hydrogen-bond donors (Lipinski definition) is 1. The molecule has 4 heteroatoms. The predicted molar refractivity (Wildman–Crippen MR) is 64.1 cm³/mol. The van der Waals surface area contributed by atoms with Crippen LogP contribution in [0.4, 0.5) is 5.82 Å². The van der Waals surface area contributed by atoms with Gasteiger partial charge in [-0.15, -0.1) is 0 Å². The molecule has 0 aromatic carbocycles. The van der Waals surface area contributed by atoms with Gasteiger partial charge in [-0.25, -0.2) is 4.98 Å². The summed E-state index contributed by atoms with van der Waals surface area (Å²) < 4.78 is 1.03. The monoisotopic (exact) mass is 270 g/mol. The number of aliphatic hydroxyl groups is 1. The van der Waals surface area contributed by atoms with Crippen molar-refractivity contribution in [3.05, 3.63) is 22.3 Å². The van der Waals surface area contributed by atoms with E-state index in [1.807, 2.05) is 26.1 Å². The molecule has 1 aromatic rings. The topological polar surface area (TPSA) is 36.4 Å². The number of β-amino-alcohol motifs (C(OH)–C–C–N with tert-alkyl or cyclic N) is 1. The number of nitrogens with zero attached hydrogens (tertiary/aromatic N) is 2. The minimum Gasteiger partial charge on any atom is -0.388 e. The van der Waals surface area contributed by atoms with Gasteiger partial charge >= 0.3 is 0 Å². The molecule has 1 unspecified atom stereocenters. The predicted octanol–water partition coefficient (Wildman–Crippen LogP) is 2.11. The first-order valence-corrected chi connectivity index (χ1v) is 5.87. The summed E-state index contributed by atoms with van der Waals surface area (Å²) in [7, 11) is 0. The van der Waals surface area contributed by atoms with Crippen LogP contribution in [-0.4, -0.2) is 28.8 Å². The highest BCUT2D eigenvalue weighted by Crippen LogP contribution is 2.27. The van der Waals surface area contributed by atoms with Crippen LogP contribution in [0, 0.1) is 6.92 Å². The van der Waals surface area contributed by atoms with Crippen molar-refractivity contribution in [3.8, 4) is 0 Å². The van der Waals surface area contributed by atoms with Gasteiger partial charge < -0.3 is 10.0 Å². The largest absolute Gasteiger partial charge is 0.388 e. The Kier molecular flexibility index (Phi) is 2.73.